The van der Waals surface area contributed by atoms with Crippen molar-refractivity contribution in [1.29, 1.82) is 0 Å². The first-order valence-corrected chi connectivity index (χ1v) is 10.6. The molecule has 0 heterocycles. The van der Waals surface area contributed by atoms with Crippen LogP contribution in [0.25, 0.3) is 0 Å². The van der Waals surface area contributed by atoms with E-state index in [4.69, 9.17) is 19.7 Å². The van der Waals surface area contributed by atoms with Crippen molar-refractivity contribution >= 4 is 11.9 Å². The molecule has 162 valence electrons. The van der Waals surface area contributed by atoms with Gasteiger partial charge in [0.05, 0.1) is 26.1 Å². The Labute approximate surface area is 185 Å². The molecule has 6 rings (SSSR count). The molecule has 3 aromatic rings. The summed E-state index contributed by atoms with van der Waals surface area (Å²) >= 11 is 0. The highest BCUT2D eigenvalue weighted by Crippen LogP contribution is 2.60. The molecular weight excluding hydrogens is 408 g/mol. The van der Waals surface area contributed by atoms with E-state index in [-0.39, 0.29) is 37.9 Å². The second kappa shape index (κ2) is 8.04. The Bertz CT molecular complexity index is 1070. The van der Waals surface area contributed by atoms with Gasteiger partial charge in [-0.2, -0.15) is 0 Å². The van der Waals surface area contributed by atoms with Crippen LogP contribution in [0.4, 0.5) is 0 Å². The highest BCUT2D eigenvalue weighted by Gasteiger charge is 2.44. The molecule has 0 saturated carbocycles. The molecule has 0 unspecified atom stereocenters. The first-order chi connectivity index (χ1) is 15.6. The van der Waals surface area contributed by atoms with Crippen molar-refractivity contribution in [3.05, 3.63) is 94.0 Å². The van der Waals surface area contributed by atoms with Gasteiger partial charge in [0, 0.05) is 23.0 Å². The summed E-state index contributed by atoms with van der Waals surface area (Å²) < 4.78 is 11.9. The molecule has 3 aromatic carbocycles. The number of hydrogen-bond acceptors (Lipinski definition) is 4. The Morgan fingerprint density at radius 2 is 0.969 bits per heavy atom. The lowest BCUT2D eigenvalue weighted by molar-refractivity contribution is -0.138. The third-order valence-electron chi connectivity index (χ3n) is 6.17. The van der Waals surface area contributed by atoms with Crippen molar-refractivity contribution < 1.29 is 29.3 Å². The lowest BCUT2D eigenvalue weighted by Crippen LogP contribution is -2.29. The standard InChI is InChI=1S/C26H22O6/c27-21(28)11-13-31-19-9-10-20(32-14-12-22(29)30)26-24-16-6-2-1-5-15(16)23(25(19)26)17-7-3-4-8-18(17)24/h1-10,23-24H,11-14H2,(H,27,28)(H,29,30). The number of carboxylic acids is 2. The van der Waals surface area contributed by atoms with Crippen molar-refractivity contribution in [3.8, 4) is 11.5 Å². The Balaban J connectivity index is 1.66. The molecule has 6 heteroatoms. The summed E-state index contributed by atoms with van der Waals surface area (Å²) in [4.78, 5) is 22.0. The molecular formula is C26H22O6. The maximum absolute atomic E-state index is 11.0. The highest BCUT2D eigenvalue weighted by atomic mass is 16.5. The van der Waals surface area contributed by atoms with E-state index in [1.54, 1.807) is 0 Å². The molecule has 0 atom stereocenters. The highest BCUT2D eigenvalue weighted by molar-refractivity contribution is 5.73. The molecule has 32 heavy (non-hydrogen) atoms. The molecule has 0 radical (unpaired) electrons. The first kappa shape index (κ1) is 20.1. The van der Waals surface area contributed by atoms with Crippen LogP contribution in [0.1, 0.15) is 58.1 Å². The Kier molecular flexibility index (Phi) is 5.05. The number of aliphatic carboxylic acids is 2. The summed E-state index contributed by atoms with van der Waals surface area (Å²) in [6.07, 6.45) is -0.181. The van der Waals surface area contributed by atoms with E-state index >= 15 is 0 Å². The molecule has 0 amide bonds. The summed E-state index contributed by atoms with van der Waals surface area (Å²) in [5.41, 5.74) is 6.77. The minimum atomic E-state index is -0.912. The maximum Gasteiger partial charge on any atom is 0.306 e. The lowest BCUT2D eigenvalue weighted by Gasteiger charge is -2.43. The summed E-state index contributed by atoms with van der Waals surface area (Å²) in [5, 5.41) is 18.1. The van der Waals surface area contributed by atoms with Gasteiger partial charge >= 0.3 is 11.9 Å². The van der Waals surface area contributed by atoms with Crippen LogP contribution in [-0.4, -0.2) is 35.4 Å². The zero-order valence-corrected chi connectivity index (χ0v) is 17.3. The predicted molar refractivity (Wildman–Crippen MR) is 117 cm³/mol. The monoisotopic (exact) mass is 430 g/mol. The Morgan fingerprint density at radius 3 is 1.28 bits per heavy atom. The van der Waals surface area contributed by atoms with Crippen LogP contribution < -0.4 is 9.47 Å². The van der Waals surface area contributed by atoms with Gasteiger partial charge in [-0.1, -0.05) is 48.5 Å². The Hall–Kier alpha value is -3.80. The maximum atomic E-state index is 11.0. The van der Waals surface area contributed by atoms with E-state index in [0.717, 1.165) is 11.1 Å². The molecule has 0 saturated heterocycles. The van der Waals surface area contributed by atoms with Gasteiger partial charge in [0.15, 0.2) is 0 Å². The SMILES string of the molecule is O=C(O)CCOc1ccc(OCCC(=O)O)c2c1C1c3ccccc3C2c2ccccc21. The van der Waals surface area contributed by atoms with E-state index in [0.29, 0.717) is 11.5 Å². The Morgan fingerprint density at radius 1 is 0.625 bits per heavy atom. The van der Waals surface area contributed by atoms with Crippen LogP contribution in [0.5, 0.6) is 11.5 Å². The van der Waals surface area contributed by atoms with Gasteiger partial charge in [-0.15, -0.1) is 0 Å². The average molecular weight is 430 g/mol. The minimum absolute atomic E-state index is 0.0646. The van der Waals surface area contributed by atoms with Crippen LogP contribution in [0.3, 0.4) is 0 Å². The smallest absolute Gasteiger partial charge is 0.306 e. The topological polar surface area (TPSA) is 93.1 Å². The number of hydrogen-bond donors (Lipinski definition) is 2. The minimum Gasteiger partial charge on any atom is -0.493 e. The first-order valence-electron chi connectivity index (χ1n) is 10.6. The molecule has 0 aromatic heterocycles. The van der Waals surface area contributed by atoms with Crippen LogP contribution in [-0.2, 0) is 9.59 Å². The number of benzene rings is 3. The molecule has 0 spiro atoms. The summed E-state index contributed by atoms with van der Waals surface area (Å²) in [5.74, 6) is -0.665. The number of carbonyl (C=O) groups is 2. The zero-order valence-electron chi connectivity index (χ0n) is 17.3. The van der Waals surface area contributed by atoms with Crippen molar-refractivity contribution in [2.45, 2.75) is 24.7 Å². The van der Waals surface area contributed by atoms with Crippen molar-refractivity contribution in [2.75, 3.05) is 13.2 Å². The molecule has 6 nitrogen and oxygen atoms in total. The number of carboxylic acid groups (broad SMARTS) is 2. The molecule has 3 aliphatic carbocycles. The quantitative estimate of drug-likeness (QED) is 0.380. The third-order valence-corrected chi connectivity index (χ3v) is 6.17. The number of rotatable bonds is 8. The van der Waals surface area contributed by atoms with Gasteiger partial charge in [0.25, 0.3) is 0 Å². The molecule has 2 bridgehead atoms. The molecule has 0 fully saturated rings. The zero-order chi connectivity index (χ0) is 22.2. The molecule has 0 aliphatic heterocycles. The van der Waals surface area contributed by atoms with Crippen LogP contribution in [0.2, 0.25) is 0 Å². The van der Waals surface area contributed by atoms with Crippen molar-refractivity contribution in [2.24, 2.45) is 0 Å². The molecule has 2 N–H and O–H groups in total. The van der Waals surface area contributed by atoms with Gasteiger partial charge in [0.2, 0.25) is 0 Å². The third kappa shape index (κ3) is 3.28. The van der Waals surface area contributed by atoms with Gasteiger partial charge in [-0.25, -0.2) is 0 Å². The van der Waals surface area contributed by atoms with Crippen LogP contribution >= 0.6 is 0 Å². The largest absolute Gasteiger partial charge is 0.493 e. The van der Waals surface area contributed by atoms with Crippen molar-refractivity contribution in [1.82, 2.24) is 0 Å². The fourth-order valence-electron chi connectivity index (χ4n) is 4.97. The van der Waals surface area contributed by atoms with Crippen LogP contribution in [0, 0.1) is 0 Å². The van der Waals surface area contributed by atoms with Gasteiger partial charge in [0.1, 0.15) is 11.5 Å². The summed E-state index contributed by atoms with van der Waals surface area (Å²) in [6, 6.07) is 20.2. The van der Waals surface area contributed by atoms with E-state index < -0.39 is 11.9 Å². The van der Waals surface area contributed by atoms with Crippen LogP contribution in [0.15, 0.2) is 60.7 Å². The summed E-state index contributed by atoms with van der Waals surface area (Å²) in [7, 11) is 0. The van der Waals surface area contributed by atoms with Gasteiger partial charge in [-0.05, 0) is 34.4 Å². The fraction of sp³-hybridized carbons (Fsp3) is 0.231. The van der Waals surface area contributed by atoms with Gasteiger partial charge < -0.3 is 19.7 Å². The second-order valence-corrected chi connectivity index (χ2v) is 8.00. The van der Waals surface area contributed by atoms with E-state index in [1.807, 2.05) is 36.4 Å². The number of ether oxygens (including phenoxy) is 2. The fourth-order valence-corrected chi connectivity index (χ4v) is 4.97. The molecule has 3 aliphatic rings. The van der Waals surface area contributed by atoms with E-state index in [2.05, 4.69) is 24.3 Å². The van der Waals surface area contributed by atoms with E-state index in [1.165, 1.54) is 22.3 Å². The lowest BCUT2D eigenvalue weighted by atomic mass is 9.60. The second-order valence-electron chi connectivity index (χ2n) is 8.00. The van der Waals surface area contributed by atoms with Crippen molar-refractivity contribution in [3.63, 3.8) is 0 Å². The van der Waals surface area contributed by atoms with E-state index in [9.17, 15) is 9.59 Å². The predicted octanol–water partition coefficient (Wildman–Crippen LogP) is 4.38. The van der Waals surface area contributed by atoms with Gasteiger partial charge in [-0.3, -0.25) is 9.59 Å². The normalized spacial score (nSPS) is 17.1. The summed E-state index contributed by atoms with van der Waals surface area (Å²) in [6.45, 7) is 0.142. The average Bonchev–Trinajstić information content (AvgIpc) is 2.79.